The normalized spacial score (nSPS) is 12.7. The van der Waals surface area contributed by atoms with Crippen LogP contribution in [-0.2, 0) is 9.59 Å². The van der Waals surface area contributed by atoms with E-state index in [4.69, 9.17) is 0 Å². The van der Waals surface area contributed by atoms with Gasteiger partial charge in [0.05, 0.1) is 11.1 Å². The highest BCUT2D eigenvalue weighted by molar-refractivity contribution is 6.40. The Morgan fingerprint density at radius 3 is 2.04 bits per heavy atom. The Morgan fingerprint density at radius 2 is 1.57 bits per heavy atom. The summed E-state index contributed by atoms with van der Waals surface area (Å²) < 4.78 is 0.633. The average molecular weight is 395 g/mol. The Balaban J connectivity index is 2.80. The fraction of sp³-hybridized carbons (Fsp3) is 0.667. The molecule has 0 radical (unpaired) electrons. The standard InChI is InChI=1S/C18H29N5O5/c1-12(24)17(4,5)20-10-16(2,3)11-21-18(6,7)13(25)14(26)22-9-8-19-15(22)23(27)28/h8-9,20-21H,10-11H2,1-7H3. The Labute approximate surface area is 164 Å². The van der Waals surface area contributed by atoms with E-state index in [1.54, 1.807) is 27.7 Å². The third-order valence-corrected chi connectivity index (χ3v) is 4.66. The zero-order valence-corrected chi connectivity index (χ0v) is 17.5. The van der Waals surface area contributed by atoms with Gasteiger partial charge in [0, 0.05) is 13.1 Å². The van der Waals surface area contributed by atoms with Gasteiger partial charge in [-0.15, -0.1) is 0 Å². The van der Waals surface area contributed by atoms with Crippen molar-refractivity contribution >= 4 is 23.4 Å². The molecule has 1 aromatic rings. The van der Waals surface area contributed by atoms with Gasteiger partial charge in [0.15, 0.2) is 0 Å². The van der Waals surface area contributed by atoms with Crippen LogP contribution in [0.25, 0.3) is 0 Å². The molecule has 0 saturated carbocycles. The molecule has 10 nitrogen and oxygen atoms in total. The predicted octanol–water partition coefficient (Wildman–Crippen LogP) is 1.35. The van der Waals surface area contributed by atoms with Crippen LogP contribution >= 0.6 is 0 Å². The van der Waals surface area contributed by atoms with Gasteiger partial charge < -0.3 is 20.7 Å². The fourth-order valence-electron chi connectivity index (χ4n) is 2.15. The maximum absolute atomic E-state index is 12.6. The minimum Gasteiger partial charge on any atom is -0.390 e. The summed E-state index contributed by atoms with van der Waals surface area (Å²) in [6, 6.07) is 0. The van der Waals surface area contributed by atoms with Gasteiger partial charge >= 0.3 is 11.9 Å². The maximum atomic E-state index is 12.6. The summed E-state index contributed by atoms with van der Waals surface area (Å²) in [7, 11) is 0. The number of hydrogen-bond donors (Lipinski definition) is 2. The van der Waals surface area contributed by atoms with Gasteiger partial charge in [0.1, 0.15) is 18.2 Å². The number of aromatic nitrogens is 2. The van der Waals surface area contributed by atoms with Crippen molar-refractivity contribution in [1.82, 2.24) is 20.2 Å². The molecular formula is C18H29N5O5. The van der Waals surface area contributed by atoms with Crippen LogP contribution < -0.4 is 10.6 Å². The largest absolute Gasteiger partial charge is 0.442 e. The van der Waals surface area contributed by atoms with Crippen LogP contribution in [0.1, 0.15) is 53.3 Å². The minimum atomic E-state index is -1.25. The van der Waals surface area contributed by atoms with E-state index in [0.29, 0.717) is 17.7 Å². The van der Waals surface area contributed by atoms with Crippen molar-refractivity contribution in [2.75, 3.05) is 13.1 Å². The molecule has 0 aliphatic heterocycles. The summed E-state index contributed by atoms with van der Waals surface area (Å²) in [4.78, 5) is 50.3. The van der Waals surface area contributed by atoms with E-state index in [1.165, 1.54) is 6.92 Å². The summed E-state index contributed by atoms with van der Waals surface area (Å²) >= 11 is 0. The molecule has 0 aliphatic rings. The summed E-state index contributed by atoms with van der Waals surface area (Å²) in [5.74, 6) is -2.54. The minimum absolute atomic E-state index is 0.0132. The molecule has 1 heterocycles. The molecule has 0 amide bonds. The van der Waals surface area contributed by atoms with E-state index in [1.807, 2.05) is 13.8 Å². The number of rotatable bonds is 10. The smallest absolute Gasteiger partial charge is 0.390 e. The number of hydrogen-bond acceptors (Lipinski definition) is 8. The van der Waals surface area contributed by atoms with Gasteiger partial charge in [-0.3, -0.25) is 9.59 Å². The SMILES string of the molecule is CC(=O)C(C)(C)NCC(C)(C)CNC(C)(C)C(=O)C(=O)n1ccnc1[N+](=O)[O-]. The van der Waals surface area contributed by atoms with Crippen molar-refractivity contribution in [2.24, 2.45) is 5.41 Å². The van der Waals surface area contributed by atoms with Crippen molar-refractivity contribution < 1.29 is 19.3 Å². The van der Waals surface area contributed by atoms with Crippen LogP contribution in [-0.4, -0.2) is 56.1 Å². The molecule has 2 N–H and O–H groups in total. The first-order valence-electron chi connectivity index (χ1n) is 8.89. The lowest BCUT2D eigenvalue weighted by Gasteiger charge is -2.34. The molecule has 0 atom stereocenters. The van der Waals surface area contributed by atoms with Crippen molar-refractivity contribution in [3.05, 3.63) is 22.5 Å². The molecule has 0 aliphatic carbocycles. The van der Waals surface area contributed by atoms with E-state index in [-0.39, 0.29) is 11.2 Å². The number of carbonyl (C=O) groups excluding carboxylic acids is 3. The van der Waals surface area contributed by atoms with Gasteiger partial charge in [-0.05, 0) is 45.0 Å². The number of Topliss-reactive ketones (excluding diaryl/α,β-unsaturated/α-hetero) is 2. The van der Waals surface area contributed by atoms with E-state index in [0.717, 1.165) is 12.4 Å². The van der Waals surface area contributed by atoms with Crippen LogP contribution in [0.3, 0.4) is 0 Å². The topological polar surface area (TPSA) is 136 Å². The zero-order chi connectivity index (χ0) is 21.9. The second kappa shape index (κ2) is 8.27. The molecule has 1 aromatic heterocycles. The van der Waals surface area contributed by atoms with E-state index in [9.17, 15) is 24.5 Å². The lowest BCUT2D eigenvalue weighted by atomic mass is 9.88. The highest BCUT2D eigenvalue weighted by atomic mass is 16.6. The second-order valence-corrected chi connectivity index (χ2v) is 8.67. The molecule has 0 unspecified atom stereocenters. The van der Waals surface area contributed by atoms with Crippen LogP contribution in [0.15, 0.2) is 12.4 Å². The number of nitrogens with zero attached hydrogens (tertiary/aromatic N) is 3. The average Bonchev–Trinajstić information content (AvgIpc) is 3.07. The third-order valence-electron chi connectivity index (χ3n) is 4.66. The first kappa shape index (κ1) is 23.6. The Hall–Kier alpha value is -2.46. The summed E-state index contributed by atoms with van der Waals surface area (Å²) in [6.45, 7) is 13.0. The van der Waals surface area contributed by atoms with Crippen LogP contribution in [0.4, 0.5) is 5.95 Å². The predicted molar refractivity (Wildman–Crippen MR) is 103 cm³/mol. The number of nitrogens with one attached hydrogen (secondary N) is 2. The molecule has 0 bridgehead atoms. The molecular weight excluding hydrogens is 366 g/mol. The molecule has 1 rings (SSSR count). The number of imidazole rings is 1. The van der Waals surface area contributed by atoms with Crippen molar-refractivity contribution in [3.63, 3.8) is 0 Å². The Bertz CT molecular complexity index is 779. The third kappa shape index (κ3) is 5.77. The van der Waals surface area contributed by atoms with Gasteiger partial charge in [0.2, 0.25) is 0 Å². The maximum Gasteiger partial charge on any atom is 0.442 e. The second-order valence-electron chi connectivity index (χ2n) is 8.67. The lowest BCUT2D eigenvalue weighted by Crippen LogP contribution is -2.56. The van der Waals surface area contributed by atoms with Crippen molar-refractivity contribution in [2.45, 2.75) is 59.5 Å². The summed E-state index contributed by atoms with van der Waals surface area (Å²) in [6.07, 6.45) is 2.18. The van der Waals surface area contributed by atoms with E-state index < -0.39 is 33.6 Å². The van der Waals surface area contributed by atoms with Crippen molar-refractivity contribution in [3.8, 4) is 0 Å². The molecule has 0 aromatic carbocycles. The van der Waals surface area contributed by atoms with Gasteiger partial charge in [-0.2, -0.15) is 4.57 Å². The van der Waals surface area contributed by atoms with Gasteiger partial charge in [-0.25, -0.2) is 4.79 Å². The van der Waals surface area contributed by atoms with Crippen LogP contribution in [0, 0.1) is 15.5 Å². The summed E-state index contributed by atoms with van der Waals surface area (Å²) in [5.41, 5.74) is -2.25. The van der Waals surface area contributed by atoms with Crippen LogP contribution in [0.2, 0.25) is 0 Å². The molecule has 10 heteroatoms. The zero-order valence-electron chi connectivity index (χ0n) is 17.5. The monoisotopic (exact) mass is 395 g/mol. The number of carbonyl (C=O) groups is 3. The Kier molecular flexibility index (Phi) is 6.97. The summed E-state index contributed by atoms with van der Waals surface area (Å²) in [5, 5.41) is 17.2. The van der Waals surface area contributed by atoms with Crippen LogP contribution in [0.5, 0.6) is 0 Å². The quantitative estimate of drug-likeness (QED) is 0.344. The van der Waals surface area contributed by atoms with E-state index in [2.05, 4.69) is 15.6 Å². The first-order chi connectivity index (χ1) is 12.6. The van der Waals surface area contributed by atoms with Gasteiger partial charge in [-0.1, -0.05) is 18.8 Å². The lowest BCUT2D eigenvalue weighted by molar-refractivity contribution is -0.395. The molecule has 0 saturated heterocycles. The van der Waals surface area contributed by atoms with Gasteiger partial charge in [0.25, 0.3) is 5.78 Å². The van der Waals surface area contributed by atoms with E-state index >= 15 is 0 Å². The van der Waals surface area contributed by atoms with Crippen molar-refractivity contribution in [1.29, 1.82) is 0 Å². The Morgan fingerprint density at radius 1 is 1.07 bits per heavy atom. The number of ketones is 2. The first-order valence-corrected chi connectivity index (χ1v) is 8.89. The highest BCUT2D eigenvalue weighted by Crippen LogP contribution is 2.18. The number of nitro groups is 1. The highest BCUT2D eigenvalue weighted by Gasteiger charge is 2.39. The molecule has 0 spiro atoms. The molecule has 28 heavy (non-hydrogen) atoms. The molecule has 0 fully saturated rings. The molecule has 156 valence electrons. The fourth-order valence-corrected chi connectivity index (χ4v) is 2.15.